The molecule has 0 radical (unpaired) electrons. The van der Waals surface area contributed by atoms with Crippen molar-refractivity contribution in [2.75, 3.05) is 18.5 Å². The third kappa shape index (κ3) is 2.27. The summed E-state index contributed by atoms with van der Waals surface area (Å²) in [6.07, 6.45) is 2.52. The van der Waals surface area contributed by atoms with Gasteiger partial charge in [0.05, 0.1) is 11.2 Å². The number of fused-ring (bicyclic) bond motifs is 1. The summed E-state index contributed by atoms with van der Waals surface area (Å²) >= 11 is 0. The number of aromatic nitrogens is 1. The monoisotopic (exact) mass is 269 g/mol. The fourth-order valence-electron chi connectivity index (χ4n) is 3.26. The van der Waals surface area contributed by atoms with Gasteiger partial charge in [-0.3, -0.25) is 4.98 Å². The molecule has 0 atom stereocenters. The fourth-order valence-corrected chi connectivity index (χ4v) is 3.26. The molecule has 0 bridgehead atoms. The van der Waals surface area contributed by atoms with Crippen LogP contribution >= 0.6 is 0 Å². The summed E-state index contributed by atoms with van der Waals surface area (Å²) < 4.78 is 0. The first-order valence-corrected chi connectivity index (χ1v) is 7.43. The zero-order valence-corrected chi connectivity index (χ0v) is 12.6. The smallest absolute Gasteiger partial charge is 0.0726 e. The Morgan fingerprint density at radius 1 is 1.30 bits per heavy atom. The van der Waals surface area contributed by atoms with Gasteiger partial charge in [-0.05, 0) is 45.9 Å². The second kappa shape index (κ2) is 5.06. The molecule has 1 aliphatic rings. The van der Waals surface area contributed by atoms with Crippen molar-refractivity contribution >= 4 is 16.6 Å². The molecule has 0 amide bonds. The number of pyridine rings is 1. The van der Waals surface area contributed by atoms with Crippen molar-refractivity contribution < 1.29 is 0 Å². The van der Waals surface area contributed by atoms with Crippen LogP contribution in [0.1, 0.15) is 32.4 Å². The number of anilines is 1. The van der Waals surface area contributed by atoms with Gasteiger partial charge < -0.3 is 10.2 Å². The first kappa shape index (κ1) is 13.4. The zero-order valence-electron chi connectivity index (χ0n) is 12.6. The van der Waals surface area contributed by atoms with Crippen molar-refractivity contribution in [2.45, 2.75) is 38.8 Å². The minimum Gasteiger partial charge on any atom is -0.366 e. The highest BCUT2D eigenvalue weighted by molar-refractivity contribution is 5.92. The Labute approximate surface area is 121 Å². The van der Waals surface area contributed by atoms with E-state index in [9.17, 15) is 0 Å². The van der Waals surface area contributed by atoms with Crippen LogP contribution in [0, 0.1) is 0 Å². The second-order valence-electron chi connectivity index (χ2n) is 6.25. The maximum atomic E-state index is 4.76. The number of nitrogens with zero attached hydrogens (tertiary/aromatic N) is 2. The standard InChI is InChI=1S/C17H23N3/c1-17(2)9-6-10-20(17)16-11-13(12-18-3)19-15-8-5-4-7-14(15)16/h4-5,7-8,11,18H,6,9-10,12H2,1-3H3. The van der Waals surface area contributed by atoms with Crippen LogP contribution in [0.25, 0.3) is 10.9 Å². The lowest BCUT2D eigenvalue weighted by Gasteiger charge is -2.34. The first-order valence-electron chi connectivity index (χ1n) is 7.43. The second-order valence-corrected chi connectivity index (χ2v) is 6.25. The van der Waals surface area contributed by atoms with E-state index in [1.165, 1.54) is 23.9 Å². The molecule has 1 saturated heterocycles. The lowest BCUT2D eigenvalue weighted by atomic mass is 10.0. The van der Waals surface area contributed by atoms with Gasteiger partial charge in [-0.1, -0.05) is 18.2 Å². The van der Waals surface area contributed by atoms with E-state index in [2.05, 4.69) is 54.4 Å². The summed E-state index contributed by atoms with van der Waals surface area (Å²) in [4.78, 5) is 7.31. The molecule has 0 aliphatic carbocycles. The van der Waals surface area contributed by atoms with Crippen LogP contribution in [0.3, 0.4) is 0 Å². The van der Waals surface area contributed by atoms with Crippen LogP contribution in [0.5, 0.6) is 0 Å². The largest absolute Gasteiger partial charge is 0.366 e. The minimum absolute atomic E-state index is 0.237. The molecule has 1 N–H and O–H groups in total. The summed E-state index contributed by atoms with van der Waals surface area (Å²) in [7, 11) is 1.97. The average Bonchev–Trinajstić information content (AvgIpc) is 2.78. The minimum atomic E-state index is 0.237. The maximum absolute atomic E-state index is 4.76. The fraction of sp³-hybridized carbons (Fsp3) is 0.471. The van der Waals surface area contributed by atoms with E-state index in [1.54, 1.807) is 0 Å². The lowest BCUT2D eigenvalue weighted by molar-refractivity contribution is 0.518. The predicted molar refractivity (Wildman–Crippen MR) is 85.2 cm³/mol. The number of rotatable bonds is 3. The van der Waals surface area contributed by atoms with Crippen molar-refractivity contribution in [1.82, 2.24) is 10.3 Å². The van der Waals surface area contributed by atoms with Gasteiger partial charge in [0.15, 0.2) is 0 Å². The molecule has 3 rings (SSSR count). The molecular formula is C17H23N3. The van der Waals surface area contributed by atoms with Gasteiger partial charge in [0.1, 0.15) is 0 Å². The van der Waals surface area contributed by atoms with Crippen LogP contribution < -0.4 is 10.2 Å². The van der Waals surface area contributed by atoms with Gasteiger partial charge in [-0.25, -0.2) is 0 Å². The molecule has 2 heterocycles. The molecule has 1 aliphatic heterocycles. The van der Waals surface area contributed by atoms with Crippen LogP contribution in [0.2, 0.25) is 0 Å². The summed E-state index contributed by atoms with van der Waals surface area (Å²) in [6.45, 7) is 6.63. The molecule has 3 nitrogen and oxygen atoms in total. The number of para-hydroxylation sites is 1. The van der Waals surface area contributed by atoms with Crippen molar-refractivity contribution in [1.29, 1.82) is 0 Å². The van der Waals surface area contributed by atoms with Crippen molar-refractivity contribution in [3.8, 4) is 0 Å². The Balaban J connectivity index is 2.17. The van der Waals surface area contributed by atoms with E-state index in [0.29, 0.717) is 0 Å². The molecule has 2 aromatic rings. The highest BCUT2D eigenvalue weighted by atomic mass is 15.2. The van der Waals surface area contributed by atoms with Crippen LogP contribution in [0.15, 0.2) is 30.3 Å². The van der Waals surface area contributed by atoms with E-state index >= 15 is 0 Å². The van der Waals surface area contributed by atoms with Gasteiger partial charge in [0, 0.05) is 29.7 Å². The number of nitrogens with one attached hydrogen (secondary N) is 1. The molecule has 20 heavy (non-hydrogen) atoms. The Morgan fingerprint density at radius 2 is 2.10 bits per heavy atom. The van der Waals surface area contributed by atoms with E-state index in [4.69, 9.17) is 4.98 Å². The molecule has 0 saturated carbocycles. The third-order valence-corrected chi connectivity index (χ3v) is 4.30. The number of benzene rings is 1. The molecule has 106 valence electrons. The molecule has 1 aromatic heterocycles. The van der Waals surface area contributed by atoms with Crippen molar-refractivity contribution in [3.05, 3.63) is 36.0 Å². The van der Waals surface area contributed by atoms with Gasteiger partial charge in [0.2, 0.25) is 0 Å². The van der Waals surface area contributed by atoms with Gasteiger partial charge in [-0.15, -0.1) is 0 Å². The highest BCUT2D eigenvalue weighted by Crippen LogP contribution is 2.37. The highest BCUT2D eigenvalue weighted by Gasteiger charge is 2.33. The molecule has 0 spiro atoms. The van der Waals surface area contributed by atoms with Crippen LogP contribution in [-0.2, 0) is 6.54 Å². The Bertz CT molecular complexity index is 619. The van der Waals surface area contributed by atoms with Crippen molar-refractivity contribution in [3.63, 3.8) is 0 Å². The van der Waals surface area contributed by atoms with E-state index < -0.39 is 0 Å². The van der Waals surface area contributed by atoms with E-state index in [-0.39, 0.29) is 5.54 Å². The van der Waals surface area contributed by atoms with Crippen molar-refractivity contribution in [2.24, 2.45) is 0 Å². The summed E-state index contributed by atoms with van der Waals surface area (Å²) in [5.41, 5.74) is 3.78. The first-order chi connectivity index (χ1) is 9.62. The summed E-state index contributed by atoms with van der Waals surface area (Å²) in [6, 6.07) is 10.7. The van der Waals surface area contributed by atoms with Crippen LogP contribution in [0.4, 0.5) is 5.69 Å². The van der Waals surface area contributed by atoms with Crippen LogP contribution in [-0.4, -0.2) is 24.1 Å². The molecular weight excluding hydrogens is 246 g/mol. The quantitative estimate of drug-likeness (QED) is 0.926. The third-order valence-electron chi connectivity index (χ3n) is 4.30. The molecule has 0 unspecified atom stereocenters. The van der Waals surface area contributed by atoms with Gasteiger partial charge in [-0.2, -0.15) is 0 Å². The topological polar surface area (TPSA) is 28.2 Å². The Morgan fingerprint density at radius 3 is 2.80 bits per heavy atom. The maximum Gasteiger partial charge on any atom is 0.0726 e. The number of hydrogen-bond acceptors (Lipinski definition) is 3. The Kier molecular flexibility index (Phi) is 3.38. The summed E-state index contributed by atoms with van der Waals surface area (Å²) in [5.74, 6) is 0. The molecule has 3 heteroatoms. The predicted octanol–water partition coefficient (Wildman–Crippen LogP) is 3.33. The SMILES string of the molecule is CNCc1cc(N2CCCC2(C)C)c2ccccc2n1. The average molecular weight is 269 g/mol. The van der Waals surface area contributed by atoms with Gasteiger partial charge >= 0.3 is 0 Å². The zero-order chi connectivity index (χ0) is 14.2. The number of hydrogen-bond donors (Lipinski definition) is 1. The molecule has 1 aromatic carbocycles. The van der Waals surface area contributed by atoms with E-state index in [1.807, 2.05) is 7.05 Å². The molecule has 1 fully saturated rings. The normalized spacial score (nSPS) is 17.9. The van der Waals surface area contributed by atoms with E-state index in [0.717, 1.165) is 24.3 Å². The Hall–Kier alpha value is -1.61. The summed E-state index contributed by atoms with van der Waals surface area (Å²) in [5, 5.41) is 4.47. The lowest BCUT2D eigenvalue weighted by Crippen LogP contribution is -2.38. The van der Waals surface area contributed by atoms with Gasteiger partial charge in [0.25, 0.3) is 0 Å².